The minimum absolute atomic E-state index is 0.114. The normalized spacial score (nSPS) is 25.5. The average molecular weight is 438 g/mol. The Hall–Kier alpha value is -2.63. The van der Waals surface area contributed by atoms with Crippen molar-refractivity contribution in [2.24, 2.45) is 22.7 Å². The second-order valence-corrected chi connectivity index (χ2v) is 9.75. The van der Waals surface area contributed by atoms with Crippen LogP contribution < -0.4 is 10.1 Å². The molecule has 1 aromatic carbocycles. The number of aliphatic imine (C=N–C) groups is 1. The van der Waals surface area contributed by atoms with E-state index in [9.17, 15) is 9.59 Å². The van der Waals surface area contributed by atoms with Crippen LogP contribution in [0.2, 0.25) is 0 Å². The molecule has 2 atom stereocenters. The van der Waals surface area contributed by atoms with Gasteiger partial charge < -0.3 is 10.1 Å². The van der Waals surface area contributed by atoms with E-state index < -0.39 is 0 Å². The first kappa shape index (κ1) is 22.6. The number of hydrogen-bond acceptors (Lipinski definition) is 4. The van der Waals surface area contributed by atoms with Gasteiger partial charge in [0.25, 0.3) is 5.91 Å². The second-order valence-electron chi connectivity index (χ2n) is 9.75. The number of likely N-dealkylation sites (N-methyl/N-ethyl adjacent to an activating group) is 1. The van der Waals surface area contributed by atoms with Gasteiger partial charge in [-0.25, -0.2) is 0 Å². The molecular formula is C26H35N3O3. The van der Waals surface area contributed by atoms with E-state index in [1.165, 1.54) is 24.2 Å². The van der Waals surface area contributed by atoms with Crippen LogP contribution in [0.25, 0.3) is 0 Å². The molecule has 0 saturated heterocycles. The number of methoxy groups -OCH3 is 1. The zero-order valence-corrected chi connectivity index (χ0v) is 19.7. The molecule has 1 aromatic rings. The summed E-state index contributed by atoms with van der Waals surface area (Å²) < 4.78 is 5.30. The fourth-order valence-corrected chi connectivity index (χ4v) is 5.21. The zero-order valence-electron chi connectivity index (χ0n) is 19.7. The molecule has 3 aliphatic rings. The summed E-state index contributed by atoms with van der Waals surface area (Å²) in [5.74, 6) is 1.25. The van der Waals surface area contributed by atoms with Gasteiger partial charge in [0.15, 0.2) is 0 Å². The summed E-state index contributed by atoms with van der Waals surface area (Å²) in [6, 6.07) is 8.28. The molecule has 2 unspecified atom stereocenters. The Labute approximate surface area is 191 Å². The average Bonchev–Trinajstić information content (AvgIpc) is 3.14. The van der Waals surface area contributed by atoms with Crippen molar-refractivity contribution in [2.45, 2.75) is 64.8 Å². The maximum absolute atomic E-state index is 13.3. The van der Waals surface area contributed by atoms with E-state index in [1.807, 2.05) is 24.3 Å². The van der Waals surface area contributed by atoms with Crippen molar-refractivity contribution in [3.63, 3.8) is 0 Å². The Morgan fingerprint density at radius 1 is 1.09 bits per heavy atom. The van der Waals surface area contributed by atoms with E-state index in [2.05, 4.69) is 19.2 Å². The van der Waals surface area contributed by atoms with E-state index in [0.717, 1.165) is 41.3 Å². The lowest BCUT2D eigenvalue weighted by atomic mass is 9.83. The fraction of sp³-hybridized carbons (Fsp3) is 0.577. The molecular weight excluding hydrogens is 402 g/mol. The number of benzene rings is 1. The summed E-state index contributed by atoms with van der Waals surface area (Å²) in [4.78, 5) is 32.8. The zero-order chi connectivity index (χ0) is 22.8. The molecule has 1 fully saturated rings. The number of imide groups is 1. The highest BCUT2D eigenvalue weighted by Crippen LogP contribution is 2.38. The van der Waals surface area contributed by atoms with Crippen LogP contribution in [-0.4, -0.2) is 42.7 Å². The molecule has 2 heterocycles. The quantitative estimate of drug-likeness (QED) is 0.680. The van der Waals surface area contributed by atoms with Crippen molar-refractivity contribution in [1.82, 2.24) is 10.2 Å². The van der Waals surface area contributed by atoms with Crippen LogP contribution in [0.4, 0.5) is 0 Å². The molecule has 0 bridgehead atoms. The minimum Gasteiger partial charge on any atom is -0.497 e. The number of nitrogens with zero attached hydrogens (tertiary/aromatic N) is 2. The highest BCUT2D eigenvalue weighted by atomic mass is 16.5. The molecule has 0 radical (unpaired) electrons. The predicted octanol–water partition coefficient (Wildman–Crippen LogP) is 4.10. The predicted molar refractivity (Wildman–Crippen MR) is 125 cm³/mol. The molecule has 0 aromatic heterocycles. The largest absolute Gasteiger partial charge is 0.497 e. The third kappa shape index (κ3) is 4.45. The monoisotopic (exact) mass is 437 g/mol. The van der Waals surface area contributed by atoms with Gasteiger partial charge in [0.1, 0.15) is 11.6 Å². The van der Waals surface area contributed by atoms with E-state index >= 15 is 0 Å². The number of nitrogens with one attached hydrogen (secondary N) is 1. The van der Waals surface area contributed by atoms with Crippen LogP contribution in [0, 0.1) is 17.8 Å². The summed E-state index contributed by atoms with van der Waals surface area (Å²) in [7, 11) is 3.27. The Bertz CT molecular complexity index is 926. The topological polar surface area (TPSA) is 71.0 Å². The van der Waals surface area contributed by atoms with Crippen LogP contribution in [0.3, 0.4) is 0 Å². The Morgan fingerprint density at radius 2 is 1.78 bits per heavy atom. The highest BCUT2D eigenvalue weighted by Gasteiger charge is 2.47. The lowest BCUT2D eigenvalue weighted by Crippen LogP contribution is -2.45. The number of amidine groups is 1. The molecule has 1 aliphatic carbocycles. The van der Waals surface area contributed by atoms with E-state index in [0.29, 0.717) is 18.8 Å². The van der Waals surface area contributed by atoms with Crippen LogP contribution in [0.5, 0.6) is 5.75 Å². The van der Waals surface area contributed by atoms with Crippen molar-refractivity contribution in [3.05, 3.63) is 41.1 Å². The van der Waals surface area contributed by atoms with E-state index in [4.69, 9.17) is 9.73 Å². The van der Waals surface area contributed by atoms with Gasteiger partial charge in [-0.1, -0.05) is 45.2 Å². The van der Waals surface area contributed by atoms with E-state index in [1.54, 1.807) is 14.2 Å². The van der Waals surface area contributed by atoms with Gasteiger partial charge in [-0.05, 0) is 49.3 Å². The molecule has 6 nitrogen and oxygen atoms in total. The van der Waals surface area contributed by atoms with Crippen molar-refractivity contribution in [2.75, 3.05) is 14.2 Å². The first-order valence-corrected chi connectivity index (χ1v) is 11.9. The smallest absolute Gasteiger partial charge is 0.258 e. The van der Waals surface area contributed by atoms with Gasteiger partial charge in [0, 0.05) is 18.3 Å². The summed E-state index contributed by atoms with van der Waals surface area (Å²) in [6.45, 7) is 4.23. The number of amides is 2. The summed E-state index contributed by atoms with van der Waals surface area (Å²) in [5, 5.41) is 3.51. The van der Waals surface area contributed by atoms with Gasteiger partial charge in [-0.15, -0.1) is 0 Å². The number of carbonyl (C=O) groups excluding carboxylic acids is 2. The summed E-state index contributed by atoms with van der Waals surface area (Å²) in [5.41, 5.74) is 2.64. The van der Waals surface area contributed by atoms with Crippen LogP contribution in [0.15, 0.2) is 40.5 Å². The van der Waals surface area contributed by atoms with Crippen molar-refractivity contribution in [3.8, 4) is 5.75 Å². The third-order valence-corrected chi connectivity index (χ3v) is 6.95. The van der Waals surface area contributed by atoms with Gasteiger partial charge in [-0.2, -0.15) is 0 Å². The van der Waals surface area contributed by atoms with Crippen molar-refractivity contribution in [1.29, 1.82) is 0 Å². The molecule has 2 aliphatic heterocycles. The number of carbonyl (C=O) groups is 2. The first-order valence-electron chi connectivity index (χ1n) is 11.9. The van der Waals surface area contributed by atoms with Gasteiger partial charge >= 0.3 is 0 Å². The van der Waals surface area contributed by atoms with Gasteiger partial charge in [0.2, 0.25) is 5.91 Å². The Kier molecular flexibility index (Phi) is 6.68. The van der Waals surface area contributed by atoms with Gasteiger partial charge in [0.05, 0.1) is 25.0 Å². The molecule has 6 heteroatoms. The van der Waals surface area contributed by atoms with Crippen LogP contribution in [-0.2, 0) is 16.0 Å². The number of rotatable bonds is 6. The standard InChI is InChI=1S/C26H35N3O3/c1-16(2)14-21-23-22(26(31)29(3)25(21)30)20(15-17-10-12-19(32-4)13-11-17)24(28-23)27-18-8-6-5-7-9-18/h10-13,16,18,20-21H,5-9,14-15H2,1-4H3,(H,27,28). The lowest BCUT2D eigenvalue weighted by molar-refractivity contribution is -0.144. The fourth-order valence-electron chi connectivity index (χ4n) is 5.21. The summed E-state index contributed by atoms with van der Waals surface area (Å²) in [6.07, 6.45) is 7.24. The van der Waals surface area contributed by atoms with Crippen LogP contribution in [0.1, 0.15) is 57.9 Å². The maximum Gasteiger partial charge on any atom is 0.258 e. The molecule has 32 heavy (non-hydrogen) atoms. The lowest BCUT2D eigenvalue weighted by Gasteiger charge is -2.31. The maximum atomic E-state index is 13.3. The third-order valence-electron chi connectivity index (χ3n) is 6.95. The molecule has 1 saturated carbocycles. The second kappa shape index (κ2) is 9.47. The summed E-state index contributed by atoms with van der Waals surface area (Å²) >= 11 is 0. The molecule has 172 valence electrons. The van der Waals surface area contributed by atoms with Crippen molar-refractivity contribution < 1.29 is 14.3 Å². The molecule has 1 N–H and O–H groups in total. The van der Waals surface area contributed by atoms with Crippen LogP contribution >= 0.6 is 0 Å². The molecule has 0 spiro atoms. The Balaban J connectivity index is 1.72. The first-order chi connectivity index (χ1) is 15.4. The van der Waals surface area contributed by atoms with E-state index in [-0.39, 0.29) is 29.7 Å². The molecule has 4 rings (SSSR count). The highest BCUT2D eigenvalue weighted by molar-refractivity contribution is 6.15. The molecule has 2 amide bonds. The Morgan fingerprint density at radius 3 is 2.41 bits per heavy atom. The minimum atomic E-state index is -0.315. The van der Waals surface area contributed by atoms with Gasteiger partial charge in [-0.3, -0.25) is 19.5 Å². The number of hydrogen-bond donors (Lipinski definition) is 1. The van der Waals surface area contributed by atoms with Crippen molar-refractivity contribution >= 4 is 17.6 Å². The SMILES string of the molecule is COc1ccc(CC2C(=NC3CCCCC3)NC3=C2C(=O)N(C)C(=O)C3CC(C)C)cc1. The number of ether oxygens (including phenoxy) is 1.